The van der Waals surface area contributed by atoms with E-state index in [4.69, 9.17) is 14.2 Å². The predicted molar refractivity (Wildman–Crippen MR) is 80.9 cm³/mol. The first-order valence-electron chi connectivity index (χ1n) is 8.35. The van der Waals surface area contributed by atoms with Crippen LogP contribution in [0.5, 0.6) is 0 Å². The maximum atomic E-state index is 11.6. The fraction of sp³-hybridized carbons (Fsp3) is 0.824. The Hall–Kier alpha value is -0.990. The zero-order valence-electron chi connectivity index (χ0n) is 14.1. The molecule has 4 aliphatic rings. The molecule has 8 atom stereocenters. The minimum absolute atomic E-state index is 0.259. The van der Waals surface area contributed by atoms with Gasteiger partial charge in [0.25, 0.3) is 0 Å². The summed E-state index contributed by atoms with van der Waals surface area (Å²) >= 11 is 0. The molecule has 1 unspecified atom stereocenters. The van der Waals surface area contributed by atoms with Gasteiger partial charge in [0.05, 0.1) is 30.8 Å². The van der Waals surface area contributed by atoms with Crippen LogP contribution in [0, 0.1) is 10.8 Å². The van der Waals surface area contributed by atoms with Gasteiger partial charge in [-0.05, 0) is 18.9 Å². The van der Waals surface area contributed by atoms with Crippen LogP contribution in [0.25, 0.3) is 0 Å². The molecular weight excluding hydrogens is 316 g/mol. The molecule has 1 spiro atoms. The third-order valence-corrected chi connectivity index (χ3v) is 6.93. The monoisotopic (exact) mass is 340 g/mol. The van der Waals surface area contributed by atoms with Crippen LogP contribution in [0.4, 0.5) is 0 Å². The van der Waals surface area contributed by atoms with Crippen molar-refractivity contribution in [2.75, 3.05) is 13.2 Å². The van der Waals surface area contributed by atoms with Crippen LogP contribution in [0.2, 0.25) is 0 Å². The number of fused-ring (bicyclic) bond motifs is 2. The summed E-state index contributed by atoms with van der Waals surface area (Å²) in [5.41, 5.74) is -1.80. The maximum absolute atomic E-state index is 11.6. The summed E-state index contributed by atoms with van der Waals surface area (Å²) in [5, 5.41) is 31.6. The molecule has 3 N–H and O–H groups in total. The Kier molecular flexibility index (Phi) is 3.29. The van der Waals surface area contributed by atoms with Gasteiger partial charge in [-0.15, -0.1) is 0 Å². The van der Waals surface area contributed by atoms with Crippen LogP contribution in [-0.2, 0) is 19.0 Å². The highest BCUT2D eigenvalue weighted by molar-refractivity contribution is 5.66. The molecule has 0 aromatic carbocycles. The lowest BCUT2D eigenvalue weighted by atomic mass is 9.51. The van der Waals surface area contributed by atoms with Crippen molar-refractivity contribution < 1.29 is 34.3 Å². The lowest BCUT2D eigenvalue weighted by Crippen LogP contribution is -2.67. The summed E-state index contributed by atoms with van der Waals surface area (Å²) < 4.78 is 17.4. The van der Waals surface area contributed by atoms with Crippen LogP contribution < -0.4 is 0 Å². The SMILES string of the molecule is CC(=O)O[C@@H]1[C@H](O)[C@@H]2O[C@H]3C=C(C)[C@H](O)C[C@@]3(CO)[C@@]1(C)C21CO1. The van der Waals surface area contributed by atoms with Crippen molar-refractivity contribution in [1.82, 2.24) is 0 Å². The maximum Gasteiger partial charge on any atom is 0.303 e. The van der Waals surface area contributed by atoms with E-state index in [-0.39, 0.29) is 13.0 Å². The van der Waals surface area contributed by atoms with Crippen molar-refractivity contribution in [2.24, 2.45) is 10.8 Å². The van der Waals surface area contributed by atoms with E-state index in [9.17, 15) is 20.1 Å². The van der Waals surface area contributed by atoms with E-state index in [1.807, 2.05) is 19.9 Å². The Bertz CT molecular complexity index is 612. The van der Waals surface area contributed by atoms with Crippen molar-refractivity contribution >= 4 is 5.97 Å². The molecule has 3 fully saturated rings. The zero-order chi connectivity index (χ0) is 17.5. The van der Waals surface area contributed by atoms with Crippen molar-refractivity contribution in [3.63, 3.8) is 0 Å². The molecule has 2 aliphatic heterocycles. The minimum Gasteiger partial charge on any atom is -0.459 e. The highest BCUT2D eigenvalue weighted by Crippen LogP contribution is 2.71. The van der Waals surface area contributed by atoms with Gasteiger partial charge in [0.2, 0.25) is 0 Å². The Morgan fingerprint density at radius 2 is 2.12 bits per heavy atom. The van der Waals surface area contributed by atoms with E-state index in [0.717, 1.165) is 5.57 Å². The number of hydrogen-bond donors (Lipinski definition) is 3. The summed E-state index contributed by atoms with van der Waals surface area (Å²) in [5.74, 6) is -0.503. The Labute approximate surface area is 140 Å². The molecule has 0 aromatic heterocycles. The average molecular weight is 340 g/mol. The lowest BCUT2D eigenvalue weighted by Gasteiger charge is -2.58. The molecule has 4 rings (SSSR count). The predicted octanol–water partition coefficient (Wildman–Crippen LogP) is -0.475. The number of epoxide rings is 1. The Balaban J connectivity index is 1.90. The first kappa shape index (κ1) is 16.5. The van der Waals surface area contributed by atoms with Gasteiger partial charge in [0.1, 0.15) is 23.9 Å². The Morgan fingerprint density at radius 3 is 2.67 bits per heavy atom. The molecule has 2 heterocycles. The number of hydrogen-bond acceptors (Lipinski definition) is 7. The van der Waals surface area contributed by atoms with Gasteiger partial charge in [0.15, 0.2) is 0 Å². The van der Waals surface area contributed by atoms with E-state index in [0.29, 0.717) is 6.61 Å². The highest BCUT2D eigenvalue weighted by Gasteiger charge is 2.85. The topological polar surface area (TPSA) is 109 Å². The van der Waals surface area contributed by atoms with E-state index < -0.39 is 52.9 Å². The summed E-state index contributed by atoms with van der Waals surface area (Å²) in [4.78, 5) is 11.6. The van der Waals surface area contributed by atoms with Crippen LogP contribution in [0.3, 0.4) is 0 Å². The molecule has 2 aliphatic carbocycles. The number of carbonyl (C=O) groups is 1. The van der Waals surface area contributed by atoms with Gasteiger partial charge in [-0.3, -0.25) is 4.79 Å². The third-order valence-electron chi connectivity index (χ3n) is 6.93. The van der Waals surface area contributed by atoms with E-state index >= 15 is 0 Å². The van der Waals surface area contributed by atoms with Gasteiger partial charge < -0.3 is 29.5 Å². The fourth-order valence-corrected chi connectivity index (χ4v) is 5.40. The fourth-order valence-electron chi connectivity index (χ4n) is 5.40. The summed E-state index contributed by atoms with van der Waals surface area (Å²) in [6.07, 6.45) is -1.66. The van der Waals surface area contributed by atoms with E-state index in [2.05, 4.69) is 0 Å². The van der Waals surface area contributed by atoms with Gasteiger partial charge >= 0.3 is 5.97 Å². The number of carbonyl (C=O) groups excluding carboxylic acids is 1. The average Bonchev–Trinajstić information content (AvgIpc) is 3.30. The molecule has 7 nitrogen and oxygen atoms in total. The number of ether oxygens (including phenoxy) is 3. The van der Waals surface area contributed by atoms with Crippen molar-refractivity contribution in [1.29, 1.82) is 0 Å². The lowest BCUT2D eigenvalue weighted by molar-refractivity contribution is -0.236. The number of aliphatic hydroxyl groups is 3. The summed E-state index contributed by atoms with van der Waals surface area (Å²) in [7, 11) is 0. The second-order valence-electron chi connectivity index (χ2n) is 7.82. The number of esters is 1. The largest absolute Gasteiger partial charge is 0.459 e. The quantitative estimate of drug-likeness (QED) is 0.354. The van der Waals surface area contributed by atoms with Crippen LogP contribution in [0.1, 0.15) is 27.2 Å². The smallest absolute Gasteiger partial charge is 0.303 e. The molecule has 0 radical (unpaired) electrons. The van der Waals surface area contributed by atoms with Crippen LogP contribution >= 0.6 is 0 Å². The van der Waals surface area contributed by atoms with E-state index in [1.165, 1.54) is 6.92 Å². The normalized spacial score (nSPS) is 55.1. The van der Waals surface area contributed by atoms with Gasteiger partial charge in [-0.2, -0.15) is 0 Å². The molecule has 7 heteroatoms. The highest BCUT2D eigenvalue weighted by atomic mass is 16.7. The number of aliphatic hydroxyl groups excluding tert-OH is 3. The molecule has 2 bridgehead atoms. The van der Waals surface area contributed by atoms with Gasteiger partial charge in [-0.1, -0.05) is 13.0 Å². The third kappa shape index (κ3) is 1.62. The van der Waals surface area contributed by atoms with Crippen LogP contribution in [-0.4, -0.2) is 70.6 Å². The molecule has 0 aromatic rings. The Morgan fingerprint density at radius 1 is 1.46 bits per heavy atom. The second kappa shape index (κ2) is 4.80. The first-order chi connectivity index (χ1) is 11.2. The standard InChI is InChI=1S/C17H24O7/c1-8-4-11-16(6-18,5-10(8)20)15(3)13(23-9(2)19)12(21)14(24-11)17(15)7-22-17/h4,10-14,18,20-21H,5-7H2,1-3H3/t10-,11+,12+,13-,14+,15+,16+,17?/m1/s1. The molecule has 2 saturated heterocycles. The number of rotatable bonds is 2. The van der Waals surface area contributed by atoms with Crippen molar-refractivity contribution in [3.05, 3.63) is 11.6 Å². The minimum atomic E-state index is -1.04. The first-order valence-corrected chi connectivity index (χ1v) is 8.35. The molecule has 0 amide bonds. The zero-order valence-corrected chi connectivity index (χ0v) is 14.1. The molecule has 134 valence electrons. The van der Waals surface area contributed by atoms with Gasteiger partial charge in [0, 0.05) is 12.3 Å². The van der Waals surface area contributed by atoms with Crippen LogP contribution in [0.15, 0.2) is 11.6 Å². The summed E-state index contributed by atoms with van der Waals surface area (Å²) in [6, 6.07) is 0. The van der Waals surface area contributed by atoms with Crippen molar-refractivity contribution in [2.45, 2.75) is 63.3 Å². The molecule has 24 heavy (non-hydrogen) atoms. The van der Waals surface area contributed by atoms with E-state index in [1.54, 1.807) is 0 Å². The van der Waals surface area contributed by atoms with Crippen molar-refractivity contribution in [3.8, 4) is 0 Å². The molecule has 1 saturated carbocycles. The molecular formula is C17H24O7. The van der Waals surface area contributed by atoms with Gasteiger partial charge in [-0.25, -0.2) is 0 Å². The second-order valence-corrected chi connectivity index (χ2v) is 7.82. The summed E-state index contributed by atoms with van der Waals surface area (Å²) in [6.45, 7) is 5.09.